The summed E-state index contributed by atoms with van der Waals surface area (Å²) in [5.41, 5.74) is 3.31. The maximum atomic E-state index is 12.4. The van der Waals surface area contributed by atoms with Crippen LogP contribution < -0.4 is 5.43 Å². The highest BCUT2D eigenvalue weighted by atomic mass is 35.5. The van der Waals surface area contributed by atoms with Crippen LogP contribution in [-0.4, -0.2) is 27.0 Å². The topological polar surface area (TPSA) is 73.0 Å². The molecule has 124 valence electrons. The van der Waals surface area contributed by atoms with E-state index in [9.17, 15) is 4.79 Å². The van der Waals surface area contributed by atoms with Crippen LogP contribution in [0.3, 0.4) is 0 Å². The molecule has 3 aromatic rings. The molecule has 3 rings (SSSR count). The van der Waals surface area contributed by atoms with Crippen LogP contribution in [0.2, 0.25) is 10.0 Å². The third kappa shape index (κ3) is 3.28. The zero-order chi connectivity index (χ0) is 17.3. The summed E-state index contributed by atoms with van der Waals surface area (Å²) in [4.78, 5) is 12.4. The number of hydrogen-bond donors (Lipinski definition) is 1. The summed E-state index contributed by atoms with van der Waals surface area (Å²) in [6.07, 6.45) is 1.85. The molecule has 0 saturated heterocycles. The van der Waals surface area contributed by atoms with Crippen molar-refractivity contribution in [2.45, 2.75) is 12.1 Å². The third-order valence-electron chi connectivity index (χ3n) is 3.21. The van der Waals surface area contributed by atoms with E-state index in [1.54, 1.807) is 37.3 Å². The number of halogens is 2. The van der Waals surface area contributed by atoms with Crippen LogP contribution in [0.1, 0.15) is 16.4 Å². The van der Waals surface area contributed by atoms with Gasteiger partial charge in [-0.1, -0.05) is 35.0 Å². The quantitative estimate of drug-likeness (QED) is 0.682. The van der Waals surface area contributed by atoms with E-state index < -0.39 is 5.91 Å². The lowest BCUT2D eigenvalue weighted by Gasteiger charge is -2.07. The van der Waals surface area contributed by atoms with E-state index in [1.807, 2.05) is 6.26 Å². The fraction of sp³-hybridized carbons (Fsp3) is 0.133. The number of aryl methyl sites for hydroxylation is 1. The number of rotatable bonds is 4. The number of carbonyl (C=O) groups is 1. The number of nitrogens with zero attached hydrogens (tertiary/aromatic N) is 3. The van der Waals surface area contributed by atoms with Gasteiger partial charge in [-0.05, 0) is 43.5 Å². The fourth-order valence-corrected chi connectivity index (χ4v) is 2.92. The van der Waals surface area contributed by atoms with Crippen molar-refractivity contribution >= 4 is 40.9 Å². The molecule has 1 aromatic carbocycles. The number of hydrogen-bond acceptors (Lipinski definition) is 5. The number of benzene rings is 1. The largest absolute Gasteiger partial charge is 0.451 e. The van der Waals surface area contributed by atoms with Gasteiger partial charge in [0.1, 0.15) is 11.6 Å². The maximum Gasteiger partial charge on any atom is 0.305 e. The molecule has 2 heterocycles. The lowest BCUT2D eigenvalue weighted by molar-refractivity contribution is 0.0980. The van der Waals surface area contributed by atoms with E-state index in [-0.39, 0.29) is 5.76 Å². The lowest BCUT2D eigenvalue weighted by atomic mass is 10.2. The molecule has 0 atom stereocenters. The Balaban J connectivity index is 1.86. The summed E-state index contributed by atoms with van der Waals surface area (Å²) in [5.74, 6) is 0.745. The molecule has 0 fully saturated rings. The molecule has 1 amide bonds. The Morgan fingerprint density at radius 1 is 1.25 bits per heavy atom. The van der Waals surface area contributed by atoms with Crippen molar-refractivity contribution in [3.8, 4) is 11.3 Å². The highest BCUT2D eigenvalue weighted by Crippen LogP contribution is 2.31. The molecule has 0 unspecified atom stereocenters. The summed E-state index contributed by atoms with van der Waals surface area (Å²) in [5, 5.41) is 9.47. The number of nitrogens with one attached hydrogen (secondary N) is 1. The Morgan fingerprint density at radius 3 is 2.79 bits per heavy atom. The fourth-order valence-electron chi connectivity index (χ4n) is 2.05. The second kappa shape index (κ2) is 6.88. The predicted octanol–water partition coefficient (Wildman–Crippen LogP) is 4.26. The van der Waals surface area contributed by atoms with Gasteiger partial charge in [0.05, 0.1) is 5.02 Å². The van der Waals surface area contributed by atoms with Gasteiger partial charge >= 0.3 is 5.91 Å². The van der Waals surface area contributed by atoms with E-state index in [1.165, 1.54) is 16.4 Å². The Kier molecular flexibility index (Phi) is 4.84. The molecular weight excluding hydrogens is 371 g/mol. The molecule has 0 radical (unpaired) electrons. The van der Waals surface area contributed by atoms with Crippen LogP contribution >= 0.6 is 35.0 Å². The molecule has 9 heteroatoms. The standard InChI is InChI=1S/C15H12Cl2N4O2S/c1-8-18-19-15(24-2)21(8)20-14(22)13-6-5-12(23-13)10-7-9(16)3-4-11(10)17/h3-7H,1-2H3,(H,20,22). The van der Waals surface area contributed by atoms with Gasteiger partial charge in [-0.2, -0.15) is 0 Å². The van der Waals surface area contributed by atoms with Crippen LogP contribution in [0, 0.1) is 6.92 Å². The normalized spacial score (nSPS) is 10.8. The first-order chi connectivity index (χ1) is 11.5. The number of carbonyl (C=O) groups excluding carboxylic acids is 1. The average Bonchev–Trinajstić information content (AvgIpc) is 3.18. The van der Waals surface area contributed by atoms with Crippen LogP contribution in [0.25, 0.3) is 11.3 Å². The van der Waals surface area contributed by atoms with Crippen molar-refractivity contribution in [2.75, 3.05) is 11.7 Å². The van der Waals surface area contributed by atoms with E-state index >= 15 is 0 Å². The number of thioether (sulfide) groups is 1. The Morgan fingerprint density at radius 2 is 2.04 bits per heavy atom. The van der Waals surface area contributed by atoms with Gasteiger partial charge in [0.15, 0.2) is 5.76 Å². The van der Waals surface area contributed by atoms with Gasteiger partial charge in [-0.3, -0.25) is 10.2 Å². The maximum absolute atomic E-state index is 12.4. The molecule has 1 N–H and O–H groups in total. The first-order valence-electron chi connectivity index (χ1n) is 6.82. The van der Waals surface area contributed by atoms with E-state index in [0.29, 0.717) is 32.3 Å². The monoisotopic (exact) mass is 382 g/mol. The average molecular weight is 383 g/mol. The van der Waals surface area contributed by atoms with E-state index in [4.69, 9.17) is 27.6 Å². The van der Waals surface area contributed by atoms with Crippen LogP contribution in [0.5, 0.6) is 0 Å². The second-order valence-electron chi connectivity index (χ2n) is 4.80. The molecule has 0 bridgehead atoms. The molecule has 6 nitrogen and oxygen atoms in total. The van der Waals surface area contributed by atoms with Gasteiger partial charge in [0.25, 0.3) is 0 Å². The Bertz CT molecular complexity index is 907. The lowest BCUT2D eigenvalue weighted by Crippen LogP contribution is -2.24. The molecule has 0 aliphatic carbocycles. The summed E-state index contributed by atoms with van der Waals surface area (Å²) >= 11 is 13.5. The molecule has 0 aliphatic rings. The van der Waals surface area contributed by atoms with Crippen LogP contribution in [0.15, 0.2) is 39.9 Å². The summed E-state index contributed by atoms with van der Waals surface area (Å²) < 4.78 is 7.11. The van der Waals surface area contributed by atoms with Gasteiger partial charge in [-0.15, -0.1) is 10.2 Å². The minimum atomic E-state index is -0.419. The van der Waals surface area contributed by atoms with Gasteiger partial charge in [0.2, 0.25) is 5.16 Å². The minimum absolute atomic E-state index is 0.140. The molecule has 0 saturated carbocycles. The van der Waals surface area contributed by atoms with Crippen molar-refractivity contribution in [3.05, 3.63) is 52.0 Å². The van der Waals surface area contributed by atoms with E-state index in [2.05, 4.69) is 15.6 Å². The van der Waals surface area contributed by atoms with Crippen LogP contribution in [0.4, 0.5) is 0 Å². The highest BCUT2D eigenvalue weighted by molar-refractivity contribution is 7.98. The van der Waals surface area contributed by atoms with Crippen molar-refractivity contribution < 1.29 is 9.21 Å². The minimum Gasteiger partial charge on any atom is -0.451 e. The molecule has 0 aliphatic heterocycles. The number of amides is 1. The molecule has 2 aromatic heterocycles. The van der Waals surface area contributed by atoms with Gasteiger partial charge in [-0.25, -0.2) is 4.68 Å². The highest BCUT2D eigenvalue weighted by Gasteiger charge is 2.17. The van der Waals surface area contributed by atoms with Crippen LogP contribution in [-0.2, 0) is 0 Å². The number of furan rings is 1. The molecule has 24 heavy (non-hydrogen) atoms. The molecular formula is C15H12Cl2N4O2S. The van der Waals surface area contributed by atoms with Gasteiger partial charge < -0.3 is 4.42 Å². The summed E-state index contributed by atoms with van der Waals surface area (Å²) in [6, 6.07) is 8.27. The second-order valence-corrected chi connectivity index (χ2v) is 6.42. The Hall–Kier alpha value is -1.96. The first-order valence-corrected chi connectivity index (χ1v) is 8.80. The van der Waals surface area contributed by atoms with E-state index in [0.717, 1.165) is 0 Å². The first kappa shape index (κ1) is 16.9. The summed E-state index contributed by atoms with van der Waals surface area (Å²) in [7, 11) is 0. The van der Waals surface area contributed by atoms with Crippen molar-refractivity contribution in [2.24, 2.45) is 0 Å². The zero-order valence-corrected chi connectivity index (χ0v) is 15.0. The summed E-state index contributed by atoms with van der Waals surface area (Å²) in [6.45, 7) is 1.74. The number of aromatic nitrogens is 3. The smallest absolute Gasteiger partial charge is 0.305 e. The Labute approximate surface area is 152 Å². The predicted molar refractivity (Wildman–Crippen MR) is 94.4 cm³/mol. The molecule has 0 spiro atoms. The van der Waals surface area contributed by atoms with Crippen molar-refractivity contribution in [1.29, 1.82) is 0 Å². The SMILES string of the molecule is CSc1nnc(C)n1NC(=O)c1ccc(-c2cc(Cl)ccc2Cl)o1. The van der Waals surface area contributed by atoms with Gasteiger partial charge in [0, 0.05) is 10.6 Å². The zero-order valence-electron chi connectivity index (χ0n) is 12.7. The third-order valence-corrected chi connectivity index (χ3v) is 4.41. The van der Waals surface area contributed by atoms with Crippen molar-refractivity contribution in [1.82, 2.24) is 14.9 Å². The van der Waals surface area contributed by atoms with Crippen molar-refractivity contribution in [3.63, 3.8) is 0 Å².